The number of carbonyl (C=O) groups excluding carboxylic acids is 1. The summed E-state index contributed by atoms with van der Waals surface area (Å²) in [6.07, 6.45) is 2.37. The number of nitrogens with zero attached hydrogens (tertiary/aromatic N) is 1. The third kappa shape index (κ3) is 4.69. The lowest BCUT2D eigenvalue weighted by molar-refractivity contribution is -0.124. The number of piperidine rings is 1. The minimum Gasteiger partial charge on any atom is -0.352 e. The molecule has 1 aliphatic heterocycles. The summed E-state index contributed by atoms with van der Waals surface area (Å²) in [4.78, 5) is 13.9. The van der Waals surface area contributed by atoms with Gasteiger partial charge in [-0.05, 0) is 25.7 Å². The summed E-state index contributed by atoms with van der Waals surface area (Å²) in [7, 11) is 0. The summed E-state index contributed by atoms with van der Waals surface area (Å²) in [5.41, 5.74) is 5.80. The van der Waals surface area contributed by atoms with Crippen LogP contribution in [0, 0.1) is 0 Å². The molecule has 0 atom stereocenters. The van der Waals surface area contributed by atoms with Gasteiger partial charge in [-0.25, -0.2) is 8.78 Å². The van der Waals surface area contributed by atoms with Gasteiger partial charge in [0.25, 0.3) is 0 Å². The standard InChI is InChI=1S/C13H23F2N3O/c14-13(15)5-1-11(2-6-13)17-12(19)9-18-7-3-10(16)4-8-18/h10-11H,1-9,16H2,(H,17,19). The first-order chi connectivity index (χ1) is 8.94. The van der Waals surface area contributed by atoms with E-state index in [1.807, 2.05) is 0 Å². The fourth-order valence-electron chi connectivity index (χ4n) is 2.77. The van der Waals surface area contributed by atoms with Crippen molar-refractivity contribution in [2.75, 3.05) is 19.6 Å². The van der Waals surface area contributed by atoms with Crippen molar-refractivity contribution in [3.63, 3.8) is 0 Å². The van der Waals surface area contributed by atoms with Gasteiger partial charge in [0.15, 0.2) is 0 Å². The normalized spacial score (nSPS) is 26.3. The van der Waals surface area contributed by atoms with Crippen molar-refractivity contribution in [1.82, 2.24) is 10.2 Å². The average Bonchev–Trinajstić information content (AvgIpc) is 2.35. The zero-order valence-corrected chi connectivity index (χ0v) is 11.2. The van der Waals surface area contributed by atoms with Crippen LogP contribution in [0.3, 0.4) is 0 Å². The molecule has 0 radical (unpaired) electrons. The fourth-order valence-corrected chi connectivity index (χ4v) is 2.77. The summed E-state index contributed by atoms with van der Waals surface area (Å²) in [6.45, 7) is 2.05. The van der Waals surface area contributed by atoms with Crippen molar-refractivity contribution in [1.29, 1.82) is 0 Å². The highest BCUT2D eigenvalue weighted by atomic mass is 19.3. The molecule has 1 heterocycles. The Morgan fingerprint density at radius 3 is 2.37 bits per heavy atom. The number of hydrogen-bond acceptors (Lipinski definition) is 3. The second-order valence-corrected chi connectivity index (χ2v) is 5.81. The predicted octanol–water partition coefficient (Wildman–Crippen LogP) is 1.10. The second kappa shape index (κ2) is 6.13. The minimum absolute atomic E-state index is 0.0503. The zero-order valence-electron chi connectivity index (χ0n) is 11.2. The minimum atomic E-state index is -2.54. The van der Waals surface area contributed by atoms with Gasteiger partial charge < -0.3 is 11.1 Å². The molecule has 0 bridgehead atoms. The Bertz CT molecular complexity index is 307. The quantitative estimate of drug-likeness (QED) is 0.811. The van der Waals surface area contributed by atoms with Crippen LogP contribution in [0.15, 0.2) is 0 Å². The van der Waals surface area contributed by atoms with E-state index in [0.29, 0.717) is 19.4 Å². The Kier molecular flexibility index (Phi) is 4.73. The number of alkyl halides is 2. The Morgan fingerprint density at radius 2 is 1.79 bits per heavy atom. The number of likely N-dealkylation sites (tertiary alicyclic amines) is 1. The number of hydrogen-bond donors (Lipinski definition) is 2. The van der Waals surface area contributed by atoms with Gasteiger partial charge in [-0.3, -0.25) is 9.69 Å². The molecular weight excluding hydrogens is 252 g/mol. The van der Waals surface area contributed by atoms with Gasteiger partial charge in [0, 0.05) is 38.0 Å². The molecule has 6 heteroatoms. The third-order valence-electron chi connectivity index (χ3n) is 4.08. The Morgan fingerprint density at radius 1 is 1.21 bits per heavy atom. The van der Waals surface area contributed by atoms with Gasteiger partial charge in [0.05, 0.1) is 6.54 Å². The third-order valence-corrected chi connectivity index (χ3v) is 4.08. The largest absolute Gasteiger partial charge is 0.352 e. The number of carbonyl (C=O) groups is 1. The Balaban J connectivity index is 1.67. The van der Waals surface area contributed by atoms with Gasteiger partial charge in [-0.2, -0.15) is 0 Å². The lowest BCUT2D eigenvalue weighted by Gasteiger charge is -2.31. The van der Waals surface area contributed by atoms with E-state index in [4.69, 9.17) is 5.73 Å². The van der Waals surface area contributed by atoms with Crippen LogP contribution in [-0.2, 0) is 4.79 Å². The van der Waals surface area contributed by atoms with Crippen LogP contribution in [0.4, 0.5) is 8.78 Å². The summed E-state index contributed by atoms with van der Waals surface area (Å²) >= 11 is 0. The molecule has 1 aliphatic carbocycles. The number of nitrogens with one attached hydrogen (secondary N) is 1. The maximum absolute atomic E-state index is 13.0. The van der Waals surface area contributed by atoms with Gasteiger partial charge in [-0.1, -0.05) is 0 Å². The molecule has 19 heavy (non-hydrogen) atoms. The van der Waals surface area contributed by atoms with Crippen LogP contribution in [0.5, 0.6) is 0 Å². The first-order valence-corrected chi connectivity index (χ1v) is 7.10. The number of amides is 1. The van der Waals surface area contributed by atoms with Crippen molar-refractivity contribution in [3.05, 3.63) is 0 Å². The van der Waals surface area contributed by atoms with Crippen LogP contribution >= 0.6 is 0 Å². The highest BCUT2D eigenvalue weighted by molar-refractivity contribution is 5.78. The fraction of sp³-hybridized carbons (Fsp3) is 0.923. The van der Waals surface area contributed by atoms with Crippen LogP contribution in [-0.4, -0.2) is 48.4 Å². The predicted molar refractivity (Wildman–Crippen MR) is 69.0 cm³/mol. The van der Waals surface area contributed by atoms with E-state index in [2.05, 4.69) is 10.2 Å². The Hall–Kier alpha value is -0.750. The monoisotopic (exact) mass is 275 g/mol. The van der Waals surface area contributed by atoms with E-state index >= 15 is 0 Å². The lowest BCUT2D eigenvalue weighted by Crippen LogP contribution is -2.47. The summed E-state index contributed by atoms with van der Waals surface area (Å²) in [5, 5.41) is 2.87. The van der Waals surface area contributed by atoms with Crippen LogP contribution < -0.4 is 11.1 Å². The topological polar surface area (TPSA) is 58.4 Å². The van der Waals surface area contributed by atoms with Crippen molar-refractivity contribution in [2.45, 2.75) is 56.5 Å². The van der Waals surface area contributed by atoms with E-state index in [1.54, 1.807) is 0 Å². The van der Waals surface area contributed by atoms with Gasteiger partial charge in [-0.15, -0.1) is 0 Å². The molecule has 110 valence electrons. The molecule has 1 saturated carbocycles. The molecule has 2 aliphatic rings. The Labute approximate surface area is 112 Å². The van der Waals surface area contributed by atoms with Crippen LogP contribution in [0.1, 0.15) is 38.5 Å². The van der Waals surface area contributed by atoms with Gasteiger partial charge in [0.1, 0.15) is 0 Å². The molecule has 3 N–H and O–H groups in total. The van der Waals surface area contributed by atoms with Crippen molar-refractivity contribution < 1.29 is 13.6 Å². The van der Waals surface area contributed by atoms with E-state index in [0.717, 1.165) is 25.9 Å². The molecule has 2 fully saturated rings. The van der Waals surface area contributed by atoms with Crippen molar-refractivity contribution in [3.8, 4) is 0 Å². The number of rotatable bonds is 3. The SMILES string of the molecule is NC1CCN(CC(=O)NC2CCC(F)(F)CC2)CC1. The van der Waals surface area contributed by atoms with Crippen molar-refractivity contribution >= 4 is 5.91 Å². The first kappa shape index (κ1) is 14.7. The molecule has 0 aromatic rings. The van der Waals surface area contributed by atoms with E-state index < -0.39 is 5.92 Å². The van der Waals surface area contributed by atoms with Gasteiger partial charge >= 0.3 is 0 Å². The van der Waals surface area contributed by atoms with E-state index in [9.17, 15) is 13.6 Å². The number of nitrogens with two attached hydrogens (primary N) is 1. The summed E-state index contributed by atoms with van der Waals surface area (Å²) in [6, 6.07) is 0.166. The van der Waals surface area contributed by atoms with Crippen LogP contribution in [0.2, 0.25) is 0 Å². The zero-order chi connectivity index (χ0) is 13.9. The van der Waals surface area contributed by atoms with Crippen molar-refractivity contribution in [2.24, 2.45) is 5.73 Å². The van der Waals surface area contributed by atoms with Crippen LogP contribution in [0.25, 0.3) is 0 Å². The first-order valence-electron chi connectivity index (χ1n) is 7.10. The summed E-state index contributed by atoms with van der Waals surface area (Å²) < 4.78 is 26.0. The maximum Gasteiger partial charge on any atom is 0.248 e. The molecule has 4 nitrogen and oxygen atoms in total. The second-order valence-electron chi connectivity index (χ2n) is 5.81. The molecule has 0 aromatic carbocycles. The maximum atomic E-state index is 13.0. The van der Waals surface area contributed by atoms with Gasteiger partial charge in [0.2, 0.25) is 11.8 Å². The lowest BCUT2D eigenvalue weighted by atomic mass is 9.92. The molecule has 2 rings (SSSR count). The molecule has 1 saturated heterocycles. The van der Waals surface area contributed by atoms with E-state index in [-0.39, 0.29) is 30.8 Å². The number of halogens is 2. The molecule has 0 unspecified atom stereocenters. The molecule has 0 aromatic heterocycles. The highest BCUT2D eigenvalue weighted by Gasteiger charge is 2.35. The molecular formula is C13H23F2N3O. The average molecular weight is 275 g/mol. The summed E-state index contributed by atoms with van der Waals surface area (Å²) in [5.74, 6) is -2.59. The highest BCUT2D eigenvalue weighted by Crippen LogP contribution is 2.32. The van der Waals surface area contributed by atoms with E-state index in [1.165, 1.54) is 0 Å². The molecule has 1 amide bonds. The molecule has 0 spiro atoms. The smallest absolute Gasteiger partial charge is 0.248 e.